The van der Waals surface area contributed by atoms with E-state index in [1.54, 1.807) is 55.5 Å². The highest BCUT2D eigenvalue weighted by molar-refractivity contribution is 6.30. The number of carbonyl (C=O) groups is 3. The molecule has 3 rings (SSSR count). The quantitative estimate of drug-likeness (QED) is 0.646. The first-order valence-corrected chi connectivity index (χ1v) is 8.30. The lowest BCUT2D eigenvalue weighted by Gasteiger charge is -2.22. The Kier molecular flexibility index (Phi) is 4.70. The third-order valence-corrected chi connectivity index (χ3v) is 4.64. The summed E-state index contributed by atoms with van der Waals surface area (Å²) < 4.78 is 5.09. The number of hydrogen-bond acceptors (Lipinski definition) is 4. The summed E-state index contributed by atoms with van der Waals surface area (Å²) in [6, 6.07) is 12.6. The zero-order valence-corrected chi connectivity index (χ0v) is 15.0. The number of nitrogens with one attached hydrogen (secondary N) is 1. The van der Waals surface area contributed by atoms with Gasteiger partial charge in [0.1, 0.15) is 11.3 Å². The number of amides is 3. The second-order valence-electron chi connectivity index (χ2n) is 6.11. The topological polar surface area (TPSA) is 75.7 Å². The minimum absolute atomic E-state index is 0.346. The van der Waals surface area contributed by atoms with Crippen LogP contribution in [0.5, 0.6) is 5.75 Å². The van der Waals surface area contributed by atoms with Crippen molar-refractivity contribution in [3.8, 4) is 5.75 Å². The van der Waals surface area contributed by atoms with Crippen molar-refractivity contribution in [1.29, 1.82) is 0 Å². The zero-order valence-electron chi connectivity index (χ0n) is 14.3. The molecule has 0 saturated carbocycles. The van der Waals surface area contributed by atoms with E-state index in [2.05, 4.69) is 5.32 Å². The lowest BCUT2D eigenvalue weighted by atomic mass is 9.92. The number of carbonyl (C=O) groups excluding carboxylic acids is 3. The minimum Gasteiger partial charge on any atom is -0.497 e. The number of halogens is 1. The number of imide groups is 1. The molecule has 0 radical (unpaired) electrons. The van der Waals surface area contributed by atoms with Gasteiger partial charge in [-0.15, -0.1) is 0 Å². The predicted octanol–water partition coefficient (Wildman–Crippen LogP) is 3.00. The molecule has 0 bridgehead atoms. The van der Waals surface area contributed by atoms with Crippen LogP contribution in [-0.4, -0.2) is 36.3 Å². The molecule has 1 N–H and O–H groups in total. The molecule has 0 spiro atoms. The lowest BCUT2D eigenvalue weighted by molar-refractivity contribution is -0.130. The number of rotatable bonds is 5. The summed E-state index contributed by atoms with van der Waals surface area (Å²) in [7, 11) is 1.50. The molecule has 1 saturated heterocycles. The van der Waals surface area contributed by atoms with Crippen LogP contribution in [0.4, 0.5) is 4.79 Å². The Labute approximate surface area is 155 Å². The van der Waals surface area contributed by atoms with Gasteiger partial charge in [-0.05, 0) is 36.8 Å². The van der Waals surface area contributed by atoms with Crippen molar-refractivity contribution < 1.29 is 19.1 Å². The fraction of sp³-hybridized carbons (Fsp3) is 0.211. The molecule has 26 heavy (non-hydrogen) atoms. The van der Waals surface area contributed by atoms with Crippen LogP contribution in [0.15, 0.2) is 48.5 Å². The number of urea groups is 1. The molecule has 1 atom stereocenters. The number of benzene rings is 2. The number of ketones is 1. The molecule has 1 aliphatic heterocycles. The molecule has 0 aliphatic carbocycles. The first kappa shape index (κ1) is 17.9. The van der Waals surface area contributed by atoms with E-state index in [1.807, 2.05) is 0 Å². The van der Waals surface area contributed by atoms with Gasteiger partial charge >= 0.3 is 6.03 Å². The standard InChI is InChI=1S/C19H17ClN2O4/c1-19(13-6-8-14(20)9-7-13)17(24)22(18(25)21-19)11-16(23)12-4-3-5-15(10-12)26-2/h3-10H,11H2,1-2H3,(H,21,25)/t19-/m0/s1. The Morgan fingerprint density at radius 3 is 2.54 bits per heavy atom. The van der Waals surface area contributed by atoms with E-state index in [-0.39, 0.29) is 12.3 Å². The summed E-state index contributed by atoms with van der Waals surface area (Å²) in [6.45, 7) is 1.26. The van der Waals surface area contributed by atoms with Crippen molar-refractivity contribution in [2.45, 2.75) is 12.5 Å². The Morgan fingerprint density at radius 1 is 1.19 bits per heavy atom. The molecule has 134 valence electrons. The first-order chi connectivity index (χ1) is 12.3. The van der Waals surface area contributed by atoms with Crippen LogP contribution in [0.1, 0.15) is 22.8 Å². The third-order valence-electron chi connectivity index (χ3n) is 4.39. The fourth-order valence-corrected chi connectivity index (χ4v) is 2.98. The second-order valence-corrected chi connectivity index (χ2v) is 6.54. The first-order valence-electron chi connectivity index (χ1n) is 7.92. The number of ether oxygens (including phenoxy) is 1. The van der Waals surface area contributed by atoms with Gasteiger partial charge in [0.15, 0.2) is 5.78 Å². The highest BCUT2D eigenvalue weighted by atomic mass is 35.5. The number of hydrogen-bond donors (Lipinski definition) is 1. The zero-order chi connectivity index (χ0) is 18.9. The van der Waals surface area contributed by atoms with Crippen LogP contribution in [0.25, 0.3) is 0 Å². The van der Waals surface area contributed by atoms with Crippen molar-refractivity contribution in [3.63, 3.8) is 0 Å². The smallest absolute Gasteiger partial charge is 0.325 e. The van der Waals surface area contributed by atoms with Crippen molar-refractivity contribution in [2.24, 2.45) is 0 Å². The lowest BCUT2D eigenvalue weighted by Crippen LogP contribution is -2.41. The molecule has 2 aromatic carbocycles. The minimum atomic E-state index is -1.24. The maximum atomic E-state index is 12.8. The highest BCUT2D eigenvalue weighted by Crippen LogP contribution is 2.29. The second kappa shape index (κ2) is 6.80. The van der Waals surface area contributed by atoms with E-state index >= 15 is 0 Å². The monoisotopic (exact) mass is 372 g/mol. The molecule has 3 amide bonds. The van der Waals surface area contributed by atoms with Gasteiger partial charge in [-0.3, -0.25) is 14.5 Å². The third kappa shape index (κ3) is 3.15. The summed E-state index contributed by atoms with van der Waals surface area (Å²) in [5, 5.41) is 3.19. The van der Waals surface area contributed by atoms with Gasteiger partial charge in [0.05, 0.1) is 13.7 Å². The highest BCUT2D eigenvalue weighted by Gasteiger charge is 2.49. The van der Waals surface area contributed by atoms with Crippen molar-refractivity contribution in [1.82, 2.24) is 10.2 Å². The normalized spacial score (nSPS) is 19.4. The Balaban J connectivity index is 1.82. The average Bonchev–Trinajstić information content (AvgIpc) is 2.86. The molecular formula is C19H17ClN2O4. The van der Waals surface area contributed by atoms with E-state index in [0.717, 1.165) is 4.90 Å². The van der Waals surface area contributed by atoms with Crippen LogP contribution in [0, 0.1) is 0 Å². The van der Waals surface area contributed by atoms with Crippen molar-refractivity contribution in [2.75, 3.05) is 13.7 Å². The molecule has 1 fully saturated rings. The molecule has 1 heterocycles. The van der Waals surface area contributed by atoms with Crippen LogP contribution < -0.4 is 10.1 Å². The van der Waals surface area contributed by atoms with E-state index in [0.29, 0.717) is 21.9 Å². The average molecular weight is 373 g/mol. The molecular weight excluding hydrogens is 356 g/mol. The molecule has 1 aliphatic rings. The largest absolute Gasteiger partial charge is 0.497 e. The molecule has 0 aromatic heterocycles. The molecule has 2 aromatic rings. The van der Waals surface area contributed by atoms with E-state index in [4.69, 9.17) is 16.3 Å². The number of nitrogens with zero attached hydrogens (tertiary/aromatic N) is 1. The Hall–Kier alpha value is -2.86. The number of Topliss-reactive ketones (excluding diaryl/α,β-unsaturated/α-hetero) is 1. The van der Waals surface area contributed by atoms with Gasteiger partial charge in [0, 0.05) is 10.6 Å². The summed E-state index contributed by atoms with van der Waals surface area (Å²) in [6.07, 6.45) is 0. The van der Waals surface area contributed by atoms with Crippen molar-refractivity contribution >= 4 is 29.3 Å². The predicted molar refractivity (Wildman–Crippen MR) is 96.4 cm³/mol. The maximum Gasteiger partial charge on any atom is 0.325 e. The van der Waals surface area contributed by atoms with Gasteiger partial charge in [-0.1, -0.05) is 35.9 Å². The molecule has 7 heteroatoms. The number of methoxy groups -OCH3 is 1. The Morgan fingerprint density at radius 2 is 1.88 bits per heavy atom. The maximum absolute atomic E-state index is 12.8. The van der Waals surface area contributed by atoms with Gasteiger partial charge in [-0.2, -0.15) is 0 Å². The van der Waals surface area contributed by atoms with Gasteiger partial charge < -0.3 is 10.1 Å². The summed E-state index contributed by atoms with van der Waals surface area (Å²) in [5.74, 6) is -0.312. The van der Waals surface area contributed by atoms with Crippen LogP contribution in [0.2, 0.25) is 5.02 Å². The van der Waals surface area contributed by atoms with Crippen molar-refractivity contribution in [3.05, 3.63) is 64.7 Å². The SMILES string of the molecule is COc1cccc(C(=O)CN2C(=O)N[C@@](C)(c3ccc(Cl)cc3)C2=O)c1. The van der Waals surface area contributed by atoms with Gasteiger partial charge in [0.2, 0.25) is 0 Å². The van der Waals surface area contributed by atoms with Gasteiger partial charge in [-0.25, -0.2) is 4.79 Å². The summed E-state index contributed by atoms with van der Waals surface area (Å²) in [4.78, 5) is 38.6. The van der Waals surface area contributed by atoms with Crippen LogP contribution in [0.3, 0.4) is 0 Å². The fourth-order valence-electron chi connectivity index (χ4n) is 2.85. The van der Waals surface area contributed by atoms with E-state index < -0.39 is 17.5 Å². The van der Waals surface area contributed by atoms with E-state index in [1.165, 1.54) is 7.11 Å². The van der Waals surface area contributed by atoms with E-state index in [9.17, 15) is 14.4 Å². The van der Waals surface area contributed by atoms with Gasteiger partial charge in [0.25, 0.3) is 5.91 Å². The molecule has 6 nitrogen and oxygen atoms in total. The molecule has 0 unspecified atom stereocenters. The summed E-state index contributed by atoms with van der Waals surface area (Å²) >= 11 is 5.88. The van der Waals surface area contributed by atoms with Crippen LogP contribution in [-0.2, 0) is 10.3 Å². The van der Waals surface area contributed by atoms with Crippen LogP contribution >= 0.6 is 11.6 Å². The summed E-state index contributed by atoms with van der Waals surface area (Å²) in [5.41, 5.74) is -0.280. The Bertz CT molecular complexity index is 881.